The normalized spacial score (nSPS) is 19.1. The monoisotopic (exact) mass is 242 g/mol. The number of amides is 1. The van der Waals surface area contributed by atoms with E-state index in [9.17, 15) is 9.59 Å². The van der Waals surface area contributed by atoms with Gasteiger partial charge in [-0.15, -0.1) is 0 Å². The van der Waals surface area contributed by atoms with Gasteiger partial charge in [0.1, 0.15) is 0 Å². The third kappa shape index (κ3) is 4.34. The SMILES string of the molecule is CCC[C@H](N)C(=O)N1CCC(CC(=O)O)CC1. The fourth-order valence-electron chi connectivity index (χ4n) is 2.27. The Labute approximate surface area is 102 Å². The molecule has 1 aliphatic rings. The summed E-state index contributed by atoms with van der Waals surface area (Å²) in [5, 5.41) is 8.70. The Bertz CT molecular complexity index is 273. The minimum atomic E-state index is -0.752. The summed E-state index contributed by atoms with van der Waals surface area (Å²) in [6.45, 7) is 3.30. The summed E-state index contributed by atoms with van der Waals surface area (Å²) in [5.41, 5.74) is 5.79. The maximum Gasteiger partial charge on any atom is 0.303 e. The van der Waals surface area contributed by atoms with Gasteiger partial charge >= 0.3 is 5.97 Å². The maximum absolute atomic E-state index is 11.9. The van der Waals surface area contributed by atoms with Crippen molar-refractivity contribution >= 4 is 11.9 Å². The molecule has 5 heteroatoms. The number of carboxylic acid groups (broad SMARTS) is 1. The van der Waals surface area contributed by atoms with Crippen molar-refractivity contribution in [1.29, 1.82) is 0 Å². The molecule has 1 heterocycles. The fraction of sp³-hybridized carbons (Fsp3) is 0.833. The highest BCUT2D eigenvalue weighted by atomic mass is 16.4. The van der Waals surface area contributed by atoms with Crippen LogP contribution in [0, 0.1) is 5.92 Å². The van der Waals surface area contributed by atoms with Gasteiger partial charge in [-0.2, -0.15) is 0 Å². The fourth-order valence-corrected chi connectivity index (χ4v) is 2.27. The molecule has 1 amide bonds. The molecular weight excluding hydrogens is 220 g/mol. The second kappa shape index (κ2) is 6.59. The number of carbonyl (C=O) groups is 2. The Morgan fingerprint density at radius 1 is 1.41 bits per heavy atom. The van der Waals surface area contributed by atoms with Crippen molar-refractivity contribution in [2.45, 2.75) is 45.1 Å². The number of piperidine rings is 1. The lowest BCUT2D eigenvalue weighted by atomic mass is 9.93. The van der Waals surface area contributed by atoms with Crippen molar-refractivity contribution in [1.82, 2.24) is 4.90 Å². The van der Waals surface area contributed by atoms with Crippen LogP contribution in [0.1, 0.15) is 39.0 Å². The first-order chi connectivity index (χ1) is 8.04. The molecule has 1 aliphatic heterocycles. The molecule has 0 aliphatic carbocycles. The zero-order chi connectivity index (χ0) is 12.8. The van der Waals surface area contributed by atoms with Gasteiger partial charge in [-0.1, -0.05) is 13.3 Å². The van der Waals surface area contributed by atoms with Crippen molar-refractivity contribution in [2.24, 2.45) is 11.7 Å². The van der Waals surface area contributed by atoms with E-state index in [2.05, 4.69) is 0 Å². The quantitative estimate of drug-likeness (QED) is 0.748. The third-order valence-electron chi connectivity index (χ3n) is 3.31. The highest BCUT2D eigenvalue weighted by Crippen LogP contribution is 2.21. The van der Waals surface area contributed by atoms with Gasteiger partial charge in [0.2, 0.25) is 5.91 Å². The predicted octanol–water partition coefficient (Wildman–Crippen LogP) is 0.827. The summed E-state index contributed by atoms with van der Waals surface area (Å²) in [6.07, 6.45) is 3.38. The summed E-state index contributed by atoms with van der Waals surface area (Å²) in [5.74, 6) is -0.531. The van der Waals surface area contributed by atoms with Gasteiger partial charge in [0.05, 0.1) is 6.04 Å². The number of likely N-dealkylation sites (tertiary alicyclic amines) is 1. The van der Waals surface area contributed by atoms with Crippen molar-refractivity contribution in [3.8, 4) is 0 Å². The van der Waals surface area contributed by atoms with E-state index in [1.807, 2.05) is 6.92 Å². The molecular formula is C12H22N2O3. The Kier molecular flexibility index (Phi) is 5.41. The Morgan fingerprint density at radius 3 is 2.47 bits per heavy atom. The topological polar surface area (TPSA) is 83.6 Å². The summed E-state index contributed by atoms with van der Waals surface area (Å²) in [4.78, 5) is 24.3. The molecule has 1 fully saturated rings. The minimum Gasteiger partial charge on any atom is -0.481 e. The molecule has 1 saturated heterocycles. The molecule has 5 nitrogen and oxygen atoms in total. The number of hydrogen-bond acceptors (Lipinski definition) is 3. The van der Waals surface area contributed by atoms with Gasteiger partial charge in [0.25, 0.3) is 0 Å². The zero-order valence-electron chi connectivity index (χ0n) is 10.4. The highest BCUT2D eigenvalue weighted by molar-refractivity contribution is 5.81. The van der Waals surface area contributed by atoms with Crippen LogP contribution in [0.4, 0.5) is 0 Å². The first-order valence-corrected chi connectivity index (χ1v) is 6.30. The average molecular weight is 242 g/mol. The Morgan fingerprint density at radius 2 is 2.00 bits per heavy atom. The van der Waals surface area contributed by atoms with E-state index in [0.717, 1.165) is 19.3 Å². The minimum absolute atomic E-state index is 0.0145. The molecule has 17 heavy (non-hydrogen) atoms. The first kappa shape index (κ1) is 14.0. The number of carboxylic acids is 1. The van der Waals surface area contributed by atoms with Crippen LogP contribution in [0.25, 0.3) is 0 Å². The lowest BCUT2D eigenvalue weighted by Crippen LogP contribution is -2.47. The van der Waals surface area contributed by atoms with Crippen LogP contribution >= 0.6 is 0 Å². The predicted molar refractivity (Wildman–Crippen MR) is 64.4 cm³/mol. The van der Waals surface area contributed by atoms with E-state index in [1.54, 1.807) is 4.90 Å². The molecule has 0 spiro atoms. The number of nitrogens with two attached hydrogens (primary N) is 1. The molecule has 0 radical (unpaired) electrons. The molecule has 1 rings (SSSR count). The zero-order valence-corrected chi connectivity index (χ0v) is 10.4. The van der Waals surface area contributed by atoms with Crippen LogP contribution in [-0.4, -0.2) is 41.0 Å². The number of nitrogens with zero attached hydrogens (tertiary/aromatic N) is 1. The van der Waals surface area contributed by atoms with Crippen molar-refractivity contribution < 1.29 is 14.7 Å². The third-order valence-corrected chi connectivity index (χ3v) is 3.31. The molecule has 98 valence electrons. The summed E-state index contributed by atoms with van der Waals surface area (Å²) in [7, 11) is 0. The number of aliphatic carboxylic acids is 1. The van der Waals surface area contributed by atoms with Gasteiger partial charge in [0, 0.05) is 19.5 Å². The van der Waals surface area contributed by atoms with E-state index in [0.29, 0.717) is 19.5 Å². The van der Waals surface area contributed by atoms with Crippen molar-refractivity contribution in [3.63, 3.8) is 0 Å². The number of carbonyl (C=O) groups excluding carboxylic acids is 1. The van der Waals surface area contributed by atoms with Gasteiger partial charge in [0.15, 0.2) is 0 Å². The van der Waals surface area contributed by atoms with Crippen LogP contribution in [-0.2, 0) is 9.59 Å². The van der Waals surface area contributed by atoms with Gasteiger partial charge in [-0.05, 0) is 25.2 Å². The molecule has 1 atom stereocenters. The van der Waals surface area contributed by atoms with E-state index in [4.69, 9.17) is 10.8 Å². The molecule has 3 N–H and O–H groups in total. The smallest absolute Gasteiger partial charge is 0.303 e. The Balaban J connectivity index is 2.35. The van der Waals surface area contributed by atoms with Gasteiger partial charge in [-0.3, -0.25) is 9.59 Å². The summed E-state index contributed by atoms with van der Waals surface area (Å²) in [6, 6.07) is -0.393. The number of rotatable bonds is 5. The second-order valence-corrected chi connectivity index (χ2v) is 4.76. The summed E-state index contributed by atoms with van der Waals surface area (Å²) >= 11 is 0. The maximum atomic E-state index is 11.9. The van der Waals surface area contributed by atoms with Crippen molar-refractivity contribution in [2.75, 3.05) is 13.1 Å². The average Bonchev–Trinajstić information content (AvgIpc) is 2.28. The van der Waals surface area contributed by atoms with Crippen LogP contribution in [0.15, 0.2) is 0 Å². The van der Waals surface area contributed by atoms with Crippen LogP contribution in [0.3, 0.4) is 0 Å². The molecule has 0 saturated carbocycles. The van der Waals surface area contributed by atoms with E-state index < -0.39 is 12.0 Å². The summed E-state index contributed by atoms with van der Waals surface area (Å²) < 4.78 is 0. The molecule has 0 aromatic heterocycles. The van der Waals surface area contributed by atoms with Gasteiger partial charge < -0.3 is 15.7 Å². The molecule has 0 aromatic rings. The van der Waals surface area contributed by atoms with Crippen LogP contribution in [0.2, 0.25) is 0 Å². The lowest BCUT2D eigenvalue weighted by molar-refractivity contribution is -0.138. The van der Waals surface area contributed by atoms with E-state index in [-0.39, 0.29) is 18.2 Å². The standard InChI is InChI=1S/C12H22N2O3/c1-2-3-10(13)12(17)14-6-4-9(5-7-14)8-11(15)16/h9-10H,2-8,13H2,1H3,(H,15,16)/t10-/m0/s1. The number of hydrogen-bond donors (Lipinski definition) is 2. The Hall–Kier alpha value is -1.10. The molecule has 0 bridgehead atoms. The van der Waals surface area contributed by atoms with E-state index >= 15 is 0 Å². The van der Waals surface area contributed by atoms with Gasteiger partial charge in [-0.25, -0.2) is 0 Å². The van der Waals surface area contributed by atoms with Crippen molar-refractivity contribution in [3.05, 3.63) is 0 Å². The highest BCUT2D eigenvalue weighted by Gasteiger charge is 2.26. The largest absolute Gasteiger partial charge is 0.481 e. The first-order valence-electron chi connectivity index (χ1n) is 6.30. The van der Waals surface area contributed by atoms with Crippen LogP contribution in [0.5, 0.6) is 0 Å². The second-order valence-electron chi connectivity index (χ2n) is 4.76. The lowest BCUT2D eigenvalue weighted by Gasteiger charge is -2.33. The molecule has 0 unspecified atom stereocenters. The van der Waals surface area contributed by atoms with E-state index in [1.165, 1.54) is 0 Å². The molecule has 0 aromatic carbocycles. The van der Waals surface area contributed by atoms with Crippen LogP contribution < -0.4 is 5.73 Å².